The molecule has 1 saturated heterocycles. The number of pyridine rings is 1. The highest BCUT2D eigenvalue weighted by molar-refractivity contribution is 5.96. The van der Waals surface area contributed by atoms with Crippen molar-refractivity contribution < 1.29 is 14.7 Å². The normalized spacial score (nSPS) is 20.1. The molecule has 1 fully saturated rings. The lowest BCUT2D eigenvalue weighted by Gasteiger charge is -2.35. The Morgan fingerprint density at radius 2 is 2.00 bits per heavy atom. The highest BCUT2D eigenvalue weighted by Gasteiger charge is 2.40. The molecule has 0 spiro atoms. The van der Waals surface area contributed by atoms with Gasteiger partial charge in [-0.3, -0.25) is 9.78 Å². The molecule has 124 valence electrons. The Balaban J connectivity index is 1.85. The van der Waals surface area contributed by atoms with Gasteiger partial charge in [-0.15, -0.1) is 0 Å². The molecule has 5 heteroatoms. The fourth-order valence-electron chi connectivity index (χ4n) is 3.41. The number of rotatable bonds is 4. The Labute approximate surface area is 140 Å². The quantitative estimate of drug-likeness (QED) is 0.938. The minimum absolute atomic E-state index is 0.0808. The summed E-state index contributed by atoms with van der Waals surface area (Å²) in [4.78, 5) is 29.9. The van der Waals surface area contributed by atoms with Gasteiger partial charge in [-0.05, 0) is 43.9 Å². The second kappa shape index (κ2) is 6.43. The number of nitrogens with zero attached hydrogens (tertiary/aromatic N) is 2. The van der Waals surface area contributed by atoms with E-state index < -0.39 is 5.97 Å². The number of carboxylic acid groups (broad SMARTS) is 1. The largest absolute Gasteiger partial charge is 0.478 e. The van der Waals surface area contributed by atoms with Crippen LogP contribution in [0, 0.1) is 0 Å². The zero-order valence-electron chi connectivity index (χ0n) is 13.6. The van der Waals surface area contributed by atoms with Gasteiger partial charge >= 0.3 is 5.97 Å². The third-order valence-electron chi connectivity index (χ3n) is 4.65. The van der Waals surface area contributed by atoms with Crippen LogP contribution in [0.1, 0.15) is 46.2 Å². The number of likely N-dealkylation sites (tertiary alicyclic amines) is 1. The van der Waals surface area contributed by atoms with E-state index in [-0.39, 0.29) is 22.7 Å². The summed E-state index contributed by atoms with van der Waals surface area (Å²) < 4.78 is 0. The van der Waals surface area contributed by atoms with Crippen LogP contribution in [0.25, 0.3) is 0 Å². The molecule has 1 unspecified atom stereocenters. The van der Waals surface area contributed by atoms with E-state index in [9.17, 15) is 9.59 Å². The smallest absolute Gasteiger partial charge is 0.335 e. The van der Waals surface area contributed by atoms with Crippen LogP contribution in [0.2, 0.25) is 0 Å². The molecule has 1 amide bonds. The third-order valence-corrected chi connectivity index (χ3v) is 4.65. The van der Waals surface area contributed by atoms with Crippen molar-refractivity contribution in [1.29, 1.82) is 0 Å². The van der Waals surface area contributed by atoms with Gasteiger partial charge in [-0.2, -0.15) is 0 Å². The van der Waals surface area contributed by atoms with Gasteiger partial charge in [-0.25, -0.2) is 4.79 Å². The molecule has 1 aromatic heterocycles. The van der Waals surface area contributed by atoms with Crippen molar-refractivity contribution in [2.75, 3.05) is 6.54 Å². The van der Waals surface area contributed by atoms with Gasteiger partial charge < -0.3 is 10.0 Å². The maximum atomic E-state index is 12.9. The van der Waals surface area contributed by atoms with E-state index >= 15 is 0 Å². The molecular weight excluding hydrogens is 304 g/mol. The number of carbonyl (C=O) groups excluding carboxylic acids is 1. The number of aromatic carboxylic acids is 1. The lowest BCUT2D eigenvalue weighted by molar-refractivity contribution is 0.0618. The summed E-state index contributed by atoms with van der Waals surface area (Å²) in [6, 6.07) is 12.9. The summed E-state index contributed by atoms with van der Waals surface area (Å²) in [5.41, 5.74) is 1.18. The predicted molar refractivity (Wildman–Crippen MR) is 90.0 cm³/mol. The van der Waals surface area contributed by atoms with Crippen molar-refractivity contribution in [1.82, 2.24) is 9.88 Å². The molecule has 3 rings (SSSR count). The summed E-state index contributed by atoms with van der Waals surface area (Å²) >= 11 is 0. The number of amides is 1. The molecule has 0 bridgehead atoms. The molecule has 1 aromatic carbocycles. The predicted octanol–water partition coefficient (Wildman–Crippen LogP) is 3.02. The topological polar surface area (TPSA) is 70.5 Å². The van der Waals surface area contributed by atoms with Crippen LogP contribution in [-0.2, 0) is 6.42 Å². The number of aromatic nitrogens is 1. The fraction of sp³-hybridized carbons (Fsp3) is 0.316. The molecule has 1 N–H and O–H groups in total. The molecule has 1 atom stereocenters. The molecule has 2 aromatic rings. The van der Waals surface area contributed by atoms with Crippen molar-refractivity contribution in [2.24, 2.45) is 0 Å². The Morgan fingerprint density at radius 1 is 1.25 bits per heavy atom. The van der Waals surface area contributed by atoms with Crippen molar-refractivity contribution >= 4 is 11.9 Å². The molecule has 0 aliphatic carbocycles. The first-order valence-electron chi connectivity index (χ1n) is 8.05. The van der Waals surface area contributed by atoms with E-state index in [0.717, 1.165) is 19.3 Å². The van der Waals surface area contributed by atoms with E-state index in [2.05, 4.69) is 24.0 Å². The van der Waals surface area contributed by atoms with E-state index in [4.69, 9.17) is 5.11 Å². The van der Waals surface area contributed by atoms with E-state index in [1.54, 1.807) is 0 Å². The van der Waals surface area contributed by atoms with Gasteiger partial charge in [0.15, 0.2) is 0 Å². The summed E-state index contributed by atoms with van der Waals surface area (Å²) in [5, 5.41) is 9.10. The SMILES string of the molecule is CC1(Cc2ccccc2)CCCN1C(=O)c1cc(C(=O)O)ccn1. The van der Waals surface area contributed by atoms with Crippen LogP contribution in [-0.4, -0.2) is 39.0 Å². The van der Waals surface area contributed by atoms with E-state index in [1.807, 2.05) is 23.1 Å². The van der Waals surface area contributed by atoms with Gasteiger partial charge in [0.25, 0.3) is 5.91 Å². The first kappa shape index (κ1) is 16.2. The minimum atomic E-state index is -1.06. The average molecular weight is 324 g/mol. The summed E-state index contributed by atoms with van der Waals surface area (Å²) in [7, 11) is 0. The van der Waals surface area contributed by atoms with Gasteiger partial charge in [0.1, 0.15) is 5.69 Å². The number of carbonyl (C=O) groups is 2. The first-order valence-corrected chi connectivity index (χ1v) is 8.05. The number of hydrogen-bond acceptors (Lipinski definition) is 3. The third kappa shape index (κ3) is 3.15. The number of hydrogen-bond donors (Lipinski definition) is 1. The van der Waals surface area contributed by atoms with E-state index in [0.29, 0.717) is 6.54 Å². The standard InChI is InChI=1S/C19H20N2O3/c1-19(13-14-6-3-2-4-7-14)9-5-11-21(19)17(22)16-12-15(18(23)24)8-10-20-16/h2-4,6-8,10,12H,5,9,11,13H2,1H3,(H,23,24). The molecular formula is C19H20N2O3. The first-order chi connectivity index (χ1) is 11.5. The maximum absolute atomic E-state index is 12.9. The van der Waals surface area contributed by atoms with Crippen molar-refractivity contribution in [2.45, 2.75) is 31.7 Å². The Kier molecular flexibility index (Phi) is 4.34. The van der Waals surface area contributed by atoms with E-state index in [1.165, 1.54) is 23.9 Å². The van der Waals surface area contributed by atoms with Crippen molar-refractivity contribution in [3.63, 3.8) is 0 Å². The second-order valence-corrected chi connectivity index (χ2v) is 6.45. The van der Waals surface area contributed by atoms with Gasteiger partial charge in [0.2, 0.25) is 0 Å². The Hall–Kier alpha value is -2.69. The zero-order chi connectivity index (χ0) is 17.2. The number of benzene rings is 1. The molecule has 1 aliphatic rings. The summed E-state index contributed by atoms with van der Waals surface area (Å²) in [6.45, 7) is 2.76. The van der Waals surface area contributed by atoms with Gasteiger partial charge in [-0.1, -0.05) is 30.3 Å². The Bertz CT molecular complexity index is 760. The molecule has 1 aliphatic heterocycles. The minimum Gasteiger partial charge on any atom is -0.478 e. The highest BCUT2D eigenvalue weighted by atomic mass is 16.4. The summed E-state index contributed by atoms with van der Waals surface area (Å²) in [5.74, 6) is -1.26. The van der Waals surface area contributed by atoms with Crippen LogP contribution >= 0.6 is 0 Å². The molecule has 5 nitrogen and oxygen atoms in total. The average Bonchev–Trinajstić information content (AvgIpc) is 2.96. The molecule has 24 heavy (non-hydrogen) atoms. The molecule has 0 radical (unpaired) electrons. The highest BCUT2D eigenvalue weighted by Crippen LogP contribution is 2.33. The monoisotopic (exact) mass is 324 g/mol. The number of carboxylic acids is 1. The van der Waals surface area contributed by atoms with Crippen molar-refractivity contribution in [3.05, 3.63) is 65.5 Å². The fourth-order valence-corrected chi connectivity index (χ4v) is 3.41. The van der Waals surface area contributed by atoms with Crippen molar-refractivity contribution in [3.8, 4) is 0 Å². The summed E-state index contributed by atoms with van der Waals surface area (Å²) in [6.07, 6.45) is 4.01. The van der Waals surface area contributed by atoms with Gasteiger partial charge in [0, 0.05) is 18.3 Å². The molecule has 2 heterocycles. The Morgan fingerprint density at radius 3 is 2.71 bits per heavy atom. The van der Waals surface area contributed by atoms with Crippen LogP contribution in [0.15, 0.2) is 48.7 Å². The van der Waals surface area contributed by atoms with Crippen LogP contribution in [0.5, 0.6) is 0 Å². The lowest BCUT2D eigenvalue weighted by atomic mass is 9.90. The zero-order valence-corrected chi connectivity index (χ0v) is 13.6. The maximum Gasteiger partial charge on any atom is 0.335 e. The van der Waals surface area contributed by atoms with Crippen LogP contribution < -0.4 is 0 Å². The van der Waals surface area contributed by atoms with Crippen LogP contribution in [0.3, 0.4) is 0 Å². The van der Waals surface area contributed by atoms with Crippen LogP contribution in [0.4, 0.5) is 0 Å². The lowest BCUT2D eigenvalue weighted by Crippen LogP contribution is -2.46. The second-order valence-electron chi connectivity index (χ2n) is 6.45. The van der Waals surface area contributed by atoms with Gasteiger partial charge in [0.05, 0.1) is 5.56 Å². The molecule has 0 saturated carbocycles.